The molecule has 4 aliphatic rings. The largest absolute Gasteiger partial charge is 0.351 e. The first-order chi connectivity index (χ1) is 11.6. The van der Waals surface area contributed by atoms with Crippen LogP contribution in [-0.4, -0.2) is 44.0 Å². The molecule has 4 rings (SSSR count). The maximum Gasteiger partial charge on any atom is 0.275 e. The predicted octanol–water partition coefficient (Wildman–Crippen LogP) is 0.748. The van der Waals surface area contributed by atoms with Crippen molar-refractivity contribution in [2.24, 2.45) is 23.2 Å². The molecule has 5 heteroatoms. The lowest BCUT2D eigenvalue weighted by Gasteiger charge is -2.56. The van der Waals surface area contributed by atoms with Crippen molar-refractivity contribution in [3.63, 3.8) is 0 Å². The third-order valence-corrected chi connectivity index (χ3v) is 6.26. The molecular weight excluding hydrogens is 314 g/mol. The van der Waals surface area contributed by atoms with Gasteiger partial charge in [-0.15, -0.1) is 0 Å². The van der Waals surface area contributed by atoms with Crippen LogP contribution in [0.1, 0.15) is 59.3 Å². The first-order valence-corrected chi connectivity index (χ1v) is 10.0. The molecule has 4 fully saturated rings. The Morgan fingerprint density at radius 1 is 0.960 bits per heavy atom. The second-order valence-corrected chi connectivity index (χ2v) is 10.3. The number of nitrogens with one attached hydrogen (secondary N) is 3. The van der Waals surface area contributed by atoms with Crippen LogP contribution in [0.5, 0.6) is 0 Å². The standard InChI is InChI=1S/C20H35N3O2/c1-19(2,3)22-18(25)12-23(4)11-17(24)21-13-20-8-14-5-15(9-20)7-16(6-14)10-20/h14-16H,5-13H2,1-4H3,(H,21,24)(H,22,25)/p+1. The van der Waals surface area contributed by atoms with E-state index < -0.39 is 0 Å². The van der Waals surface area contributed by atoms with Crippen LogP contribution in [0.2, 0.25) is 0 Å². The number of hydrogen-bond donors (Lipinski definition) is 3. The summed E-state index contributed by atoms with van der Waals surface area (Å²) >= 11 is 0. The summed E-state index contributed by atoms with van der Waals surface area (Å²) in [6.45, 7) is 7.46. The fourth-order valence-electron chi connectivity index (χ4n) is 5.93. The van der Waals surface area contributed by atoms with Crippen molar-refractivity contribution < 1.29 is 14.5 Å². The third kappa shape index (κ3) is 4.96. The number of likely N-dealkylation sites (N-methyl/N-ethyl adjacent to an activating group) is 1. The average Bonchev–Trinajstić information content (AvgIpc) is 2.41. The Kier molecular flexibility index (Phi) is 5.16. The molecule has 0 aromatic heterocycles. The second-order valence-electron chi connectivity index (χ2n) is 10.3. The van der Waals surface area contributed by atoms with E-state index in [1.54, 1.807) is 0 Å². The van der Waals surface area contributed by atoms with Crippen LogP contribution >= 0.6 is 0 Å². The Labute approximate surface area is 152 Å². The smallest absolute Gasteiger partial charge is 0.275 e. The number of amides is 2. The molecule has 0 spiro atoms. The van der Waals surface area contributed by atoms with E-state index in [0.717, 1.165) is 29.2 Å². The van der Waals surface area contributed by atoms with Crippen molar-refractivity contribution in [2.75, 3.05) is 26.7 Å². The molecule has 1 atom stereocenters. The minimum Gasteiger partial charge on any atom is -0.351 e. The molecule has 4 bridgehead atoms. The van der Waals surface area contributed by atoms with Crippen molar-refractivity contribution >= 4 is 11.8 Å². The number of rotatable bonds is 6. The Bertz CT molecular complexity index is 488. The molecule has 25 heavy (non-hydrogen) atoms. The quantitative estimate of drug-likeness (QED) is 0.662. The number of quaternary nitrogens is 1. The third-order valence-electron chi connectivity index (χ3n) is 6.26. The van der Waals surface area contributed by atoms with Gasteiger partial charge in [0.2, 0.25) is 0 Å². The van der Waals surface area contributed by atoms with E-state index in [9.17, 15) is 9.59 Å². The fourth-order valence-corrected chi connectivity index (χ4v) is 5.93. The molecular formula is C20H36N3O2+. The van der Waals surface area contributed by atoms with Gasteiger partial charge in [-0.3, -0.25) is 9.59 Å². The molecule has 3 N–H and O–H groups in total. The minimum atomic E-state index is -0.224. The molecule has 0 heterocycles. The summed E-state index contributed by atoms with van der Waals surface area (Å²) < 4.78 is 0. The maximum absolute atomic E-state index is 12.3. The molecule has 4 saturated carbocycles. The van der Waals surface area contributed by atoms with Gasteiger partial charge in [0, 0.05) is 12.1 Å². The zero-order chi connectivity index (χ0) is 18.2. The minimum absolute atomic E-state index is 0.00103. The normalized spacial score (nSPS) is 34.6. The maximum atomic E-state index is 12.3. The molecule has 142 valence electrons. The molecule has 0 aliphatic heterocycles. The summed E-state index contributed by atoms with van der Waals surface area (Å²) in [4.78, 5) is 25.3. The highest BCUT2D eigenvalue weighted by atomic mass is 16.2. The van der Waals surface area contributed by atoms with E-state index in [2.05, 4.69) is 10.6 Å². The molecule has 0 aromatic rings. The zero-order valence-electron chi connectivity index (χ0n) is 16.4. The van der Waals surface area contributed by atoms with E-state index >= 15 is 0 Å². The van der Waals surface area contributed by atoms with Gasteiger partial charge in [-0.2, -0.15) is 0 Å². The monoisotopic (exact) mass is 350 g/mol. The Hall–Kier alpha value is -1.10. The average molecular weight is 351 g/mol. The van der Waals surface area contributed by atoms with Crippen molar-refractivity contribution in [1.82, 2.24) is 10.6 Å². The lowest BCUT2D eigenvalue weighted by molar-refractivity contribution is -0.862. The molecule has 1 unspecified atom stereocenters. The Balaban J connectivity index is 1.42. The topological polar surface area (TPSA) is 62.6 Å². The Morgan fingerprint density at radius 3 is 1.92 bits per heavy atom. The van der Waals surface area contributed by atoms with Crippen LogP contribution in [0.15, 0.2) is 0 Å². The van der Waals surface area contributed by atoms with Crippen molar-refractivity contribution in [2.45, 2.75) is 64.8 Å². The second kappa shape index (κ2) is 6.90. The van der Waals surface area contributed by atoms with Gasteiger partial charge in [0.05, 0.1) is 7.05 Å². The van der Waals surface area contributed by atoms with Gasteiger partial charge >= 0.3 is 0 Å². The summed E-state index contributed by atoms with van der Waals surface area (Å²) in [5.41, 5.74) is 0.153. The number of carbonyl (C=O) groups is 2. The van der Waals surface area contributed by atoms with Crippen LogP contribution in [0, 0.1) is 23.2 Å². The fraction of sp³-hybridized carbons (Fsp3) is 0.900. The van der Waals surface area contributed by atoms with Gasteiger partial charge in [0.25, 0.3) is 11.8 Å². The van der Waals surface area contributed by atoms with Gasteiger partial charge in [0.15, 0.2) is 13.1 Å². The molecule has 2 amide bonds. The van der Waals surface area contributed by atoms with Crippen LogP contribution in [-0.2, 0) is 9.59 Å². The van der Waals surface area contributed by atoms with E-state index in [-0.39, 0.29) is 17.4 Å². The van der Waals surface area contributed by atoms with Crippen LogP contribution in [0.25, 0.3) is 0 Å². The summed E-state index contributed by atoms with van der Waals surface area (Å²) in [6.07, 6.45) is 8.25. The van der Waals surface area contributed by atoms with E-state index in [1.807, 2.05) is 27.8 Å². The van der Waals surface area contributed by atoms with Gasteiger partial charge in [-0.05, 0) is 82.5 Å². The highest BCUT2D eigenvalue weighted by Gasteiger charge is 2.50. The Morgan fingerprint density at radius 2 is 1.44 bits per heavy atom. The summed E-state index contributed by atoms with van der Waals surface area (Å²) in [7, 11) is 1.91. The highest BCUT2D eigenvalue weighted by Crippen LogP contribution is 2.59. The molecule has 0 saturated heterocycles. The van der Waals surface area contributed by atoms with E-state index in [4.69, 9.17) is 0 Å². The van der Waals surface area contributed by atoms with Gasteiger partial charge in [-0.1, -0.05) is 0 Å². The van der Waals surface area contributed by atoms with Gasteiger partial charge < -0.3 is 15.5 Å². The predicted molar refractivity (Wildman–Crippen MR) is 98.1 cm³/mol. The summed E-state index contributed by atoms with van der Waals surface area (Å²) in [6, 6.07) is 0. The summed E-state index contributed by atoms with van der Waals surface area (Å²) in [5, 5.41) is 6.15. The summed E-state index contributed by atoms with van der Waals surface area (Å²) in [5.74, 6) is 2.82. The van der Waals surface area contributed by atoms with Crippen LogP contribution in [0.3, 0.4) is 0 Å². The first kappa shape index (κ1) is 18.7. The first-order valence-electron chi connectivity index (χ1n) is 10.0. The van der Waals surface area contributed by atoms with Gasteiger partial charge in [0.1, 0.15) is 0 Å². The lowest BCUT2D eigenvalue weighted by Crippen LogP contribution is -3.11. The number of hydrogen-bond acceptors (Lipinski definition) is 2. The van der Waals surface area contributed by atoms with Crippen LogP contribution in [0.4, 0.5) is 0 Å². The molecule has 0 radical (unpaired) electrons. The van der Waals surface area contributed by atoms with Crippen molar-refractivity contribution in [3.8, 4) is 0 Å². The highest BCUT2D eigenvalue weighted by molar-refractivity contribution is 5.79. The number of carbonyl (C=O) groups excluding carboxylic acids is 2. The van der Waals surface area contributed by atoms with E-state index in [1.165, 1.54) is 38.5 Å². The van der Waals surface area contributed by atoms with E-state index in [0.29, 0.717) is 18.5 Å². The zero-order valence-corrected chi connectivity index (χ0v) is 16.4. The lowest BCUT2D eigenvalue weighted by atomic mass is 9.49. The van der Waals surface area contributed by atoms with Crippen molar-refractivity contribution in [1.29, 1.82) is 0 Å². The van der Waals surface area contributed by atoms with Crippen molar-refractivity contribution in [3.05, 3.63) is 0 Å². The molecule has 0 aromatic carbocycles. The SMILES string of the molecule is C[NH+](CC(=O)NCC12CC3CC(CC(C3)C1)C2)CC(=O)NC(C)(C)C. The molecule has 5 nitrogen and oxygen atoms in total. The molecule has 4 aliphatic carbocycles. The van der Waals surface area contributed by atoms with Crippen LogP contribution < -0.4 is 15.5 Å². The van der Waals surface area contributed by atoms with Gasteiger partial charge in [-0.25, -0.2) is 0 Å².